The lowest BCUT2D eigenvalue weighted by molar-refractivity contribution is -0.237. The van der Waals surface area contributed by atoms with Gasteiger partial charge in [0.15, 0.2) is 14.1 Å². The van der Waals surface area contributed by atoms with Crippen LogP contribution in [-0.4, -0.2) is 40.2 Å². The molecule has 3 heterocycles. The van der Waals surface area contributed by atoms with E-state index in [4.69, 9.17) is 14.9 Å². The second-order valence-electron chi connectivity index (χ2n) is 9.08. The molecule has 8 heteroatoms. The number of aliphatic hydroxyl groups is 1. The van der Waals surface area contributed by atoms with Gasteiger partial charge in [-0.2, -0.15) is 5.10 Å². The molecular weight excluding hydrogens is 360 g/mol. The number of fused-ring (bicyclic) bond motifs is 1. The van der Waals surface area contributed by atoms with Crippen LogP contribution in [0, 0.1) is 5.92 Å². The van der Waals surface area contributed by atoms with Crippen molar-refractivity contribution in [1.29, 1.82) is 0 Å². The fraction of sp³-hybridized carbons (Fsp3) is 0.684. The molecule has 1 saturated heterocycles. The number of ether oxygens (including phenoxy) is 1. The van der Waals surface area contributed by atoms with Crippen molar-refractivity contribution in [2.24, 2.45) is 5.92 Å². The van der Waals surface area contributed by atoms with Gasteiger partial charge in [0.05, 0.1) is 6.10 Å². The predicted octanol–water partition coefficient (Wildman–Crippen LogP) is 3.29. The fourth-order valence-corrected chi connectivity index (χ4v) is 4.89. The van der Waals surface area contributed by atoms with Crippen LogP contribution in [0.1, 0.15) is 46.7 Å². The highest BCUT2D eigenvalue weighted by Crippen LogP contribution is 2.48. The number of rotatable bonds is 4. The Hall–Kier alpha value is -1.48. The molecule has 2 aromatic rings. The summed E-state index contributed by atoms with van der Waals surface area (Å²) in [5, 5.41) is 16.1. The number of nitrogen functional groups attached to an aromatic ring is 1. The van der Waals surface area contributed by atoms with E-state index in [1.165, 1.54) is 6.33 Å². The summed E-state index contributed by atoms with van der Waals surface area (Å²) in [7, 11) is -2.14. The fourth-order valence-electron chi connectivity index (χ4n) is 3.52. The maximum absolute atomic E-state index is 11.8. The van der Waals surface area contributed by atoms with Gasteiger partial charge >= 0.3 is 0 Å². The zero-order valence-electron chi connectivity index (χ0n) is 17.4. The first-order valence-corrected chi connectivity index (χ1v) is 12.5. The first-order chi connectivity index (χ1) is 12.4. The number of nitrogens with two attached hydrogens (primary N) is 1. The summed E-state index contributed by atoms with van der Waals surface area (Å²) in [5.74, 6) is -1.19. The average molecular weight is 393 g/mol. The lowest BCUT2D eigenvalue weighted by Gasteiger charge is -2.42. The van der Waals surface area contributed by atoms with Crippen molar-refractivity contribution in [2.75, 3.05) is 5.73 Å². The Labute approximate surface area is 162 Å². The minimum atomic E-state index is -2.14. The summed E-state index contributed by atoms with van der Waals surface area (Å²) in [6, 6.07) is 3.60. The van der Waals surface area contributed by atoms with Crippen LogP contribution in [0.25, 0.3) is 5.52 Å². The van der Waals surface area contributed by atoms with Gasteiger partial charge in [0.25, 0.3) is 0 Å². The normalized spacial score (nSPS) is 29.6. The van der Waals surface area contributed by atoms with Gasteiger partial charge in [-0.3, -0.25) is 0 Å². The molecule has 3 rings (SSSR count). The highest BCUT2D eigenvalue weighted by molar-refractivity contribution is 6.74. The molecule has 0 amide bonds. The van der Waals surface area contributed by atoms with Gasteiger partial charge in [0, 0.05) is 5.92 Å². The molecule has 0 bridgehead atoms. The maximum Gasteiger partial charge on any atom is 0.236 e. The lowest BCUT2D eigenvalue weighted by atomic mass is 9.94. The monoisotopic (exact) mass is 392 g/mol. The van der Waals surface area contributed by atoms with Gasteiger partial charge in [0.2, 0.25) is 5.79 Å². The number of hydrogen-bond donors (Lipinski definition) is 2. The second kappa shape index (κ2) is 6.54. The quantitative estimate of drug-likeness (QED) is 0.775. The number of anilines is 1. The van der Waals surface area contributed by atoms with Crippen molar-refractivity contribution in [2.45, 2.75) is 77.2 Å². The molecule has 150 valence electrons. The van der Waals surface area contributed by atoms with Crippen LogP contribution in [-0.2, 0) is 14.9 Å². The third-order valence-corrected chi connectivity index (χ3v) is 10.7. The zero-order valence-corrected chi connectivity index (χ0v) is 18.4. The van der Waals surface area contributed by atoms with Crippen molar-refractivity contribution in [3.8, 4) is 0 Å². The molecule has 27 heavy (non-hydrogen) atoms. The van der Waals surface area contributed by atoms with Gasteiger partial charge in [0.1, 0.15) is 23.6 Å². The number of hydrogen-bond acceptors (Lipinski definition) is 6. The summed E-state index contributed by atoms with van der Waals surface area (Å²) in [6.07, 6.45) is 1.59. The molecule has 1 aliphatic rings. The van der Waals surface area contributed by atoms with Crippen molar-refractivity contribution < 1.29 is 14.3 Å². The van der Waals surface area contributed by atoms with Crippen molar-refractivity contribution in [3.63, 3.8) is 0 Å². The molecule has 0 aliphatic carbocycles. The van der Waals surface area contributed by atoms with Gasteiger partial charge in [-0.1, -0.05) is 34.6 Å². The topological polar surface area (TPSA) is 94.9 Å². The third-order valence-electron chi connectivity index (χ3n) is 6.26. The molecule has 2 aromatic heterocycles. The number of nitrogens with zero attached hydrogens (tertiary/aromatic N) is 3. The summed E-state index contributed by atoms with van der Waals surface area (Å²) in [5.41, 5.74) is 7.13. The van der Waals surface area contributed by atoms with Crippen molar-refractivity contribution in [3.05, 3.63) is 24.2 Å². The number of aromatic nitrogens is 3. The van der Waals surface area contributed by atoms with Crippen LogP contribution in [0.5, 0.6) is 0 Å². The molecule has 0 spiro atoms. The van der Waals surface area contributed by atoms with Crippen LogP contribution in [0.4, 0.5) is 5.82 Å². The van der Waals surface area contributed by atoms with Crippen LogP contribution >= 0.6 is 0 Å². The van der Waals surface area contributed by atoms with E-state index in [1.54, 1.807) is 16.6 Å². The summed E-state index contributed by atoms with van der Waals surface area (Å²) < 4.78 is 14.5. The Morgan fingerprint density at radius 1 is 1.37 bits per heavy atom. The minimum absolute atomic E-state index is 0.0196. The zero-order chi connectivity index (χ0) is 20.2. The molecule has 7 nitrogen and oxygen atoms in total. The molecule has 1 aliphatic heterocycles. The molecule has 1 fully saturated rings. The average Bonchev–Trinajstić information content (AvgIpc) is 3.10. The first-order valence-electron chi connectivity index (χ1n) is 9.59. The highest BCUT2D eigenvalue weighted by atomic mass is 28.4. The summed E-state index contributed by atoms with van der Waals surface area (Å²) >= 11 is 0. The van der Waals surface area contributed by atoms with E-state index < -0.39 is 20.2 Å². The van der Waals surface area contributed by atoms with E-state index in [2.05, 4.69) is 57.8 Å². The van der Waals surface area contributed by atoms with Gasteiger partial charge < -0.3 is 20.0 Å². The SMILES string of the molecule is CC[C@H]1OC(O)(c2ccc3c(N)ncnn23)[C@H](O[Si](C)(C)C(C)(C)C)[C@@H]1C. The van der Waals surface area contributed by atoms with Crippen LogP contribution in [0.2, 0.25) is 18.1 Å². The second-order valence-corrected chi connectivity index (χ2v) is 13.8. The highest BCUT2D eigenvalue weighted by Gasteiger charge is 2.57. The summed E-state index contributed by atoms with van der Waals surface area (Å²) in [4.78, 5) is 4.03. The molecule has 3 N–H and O–H groups in total. The Morgan fingerprint density at radius 2 is 2.04 bits per heavy atom. The molecular formula is C19H32N4O3Si. The van der Waals surface area contributed by atoms with Gasteiger partial charge in [-0.15, -0.1) is 0 Å². The minimum Gasteiger partial charge on any atom is -0.408 e. The lowest BCUT2D eigenvalue weighted by Crippen LogP contribution is -2.51. The van der Waals surface area contributed by atoms with Crippen molar-refractivity contribution in [1.82, 2.24) is 14.6 Å². The van der Waals surface area contributed by atoms with E-state index in [1.807, 2.05) is 0 Å². The smallest absolute Gasteiger partial charge is 0.236 e. The van der Waals surface area contributed by atoms with E-state index in [9.17, 15) is 5.11 Å². The Morgan fingerprint density at radius 3 is 2.63 bits per heavy atom. The van der Waals surface area contributed by atoms with E-state index in [0.717, 1.165) is 6.42 Å². The Bertz CT molecular complexity index is 832. The van der Waals surface area contributed by atoms with Crippen LogP contribution in [0.3, 0.4) is 0 Å². The summed E-state index contributed by atoms with van der Waals surface area (Å²) in [6.45, 7) is 15.1. The maximum atomic E-state index is 11.8. The largest absolute Gasteiger partial charge is 0.408 e. The molecule has 4 atom stereocenters. The van der Waals surface area contributed by atoms with E-state index in [0.29, 0.717) is 17.0 Å². The molecule has 0 radical (unpaired) electrons. The van der Waals surface area contributed by atoms with E-state index >= 15 is 0 Å². The molecule has 0 saturated carbocycles. The van der Waals surface area contributed by atoms with Crippen LogP contribution < -0.4 is 5.73 Å². The third kappa shape index (κ3) is 3.18. The van der Waals surface area contributed by atoms with Crippen LogP contribution in [0.15, 0.2) is 18.5 Å². The van der Waals surface area contributed by atoms with Gasteiger partial charge in [-0.25, -0.2) is 9.50 Å². The Balaban J connectivity index is 2.10. The predicted molar refractivity (Wildman–Crippen MR) is 108 cm³/mol. The molecule has 0 aromatic carbocycles. The molecule has 1 unspecified atom stereocenters. The van der Waals surface area contributed by atoms with Gasteiger partial charge in [-0.05, 0) is 36.7 Å². The van der Waals surface area contributed by atoms with E-state index in [-0.39, 0.29) is 17.1 Å². The standard InChI is InChI=1S/C19H32N4O3Si/c1-8-14-12(2)16(26-27(6,7)18(3,4)5)19(24,25-14)15-10-9-13-17(20)21-11-22-23(13)15/h9-12,14,16,24H,8H2,1-7H3,(H2,20,21,22)/t12-,14-,16-,19?/m1/s1. The Kier molecular flexibility index (Phi) is 4.91. The van der Waals surface area contributed by atoms with Crippen molar-refractivity contribution >= 4 is 19.7 Å². The first kappa shape index (κ1) is 20.3.